The van der Waals surface area contributed by atoms with Crippen molar-refractivity contribution in [3.8, 4) is 0 Å². The Bertz CT molecular complexity index is 146. The summed E-state index contributed by atoms with van der Waals surface area (Å²) in [7, 11) is 0. The normalized spacial score (nSPS) is 36.9. The molecule has 1 heteroatoms. The third-order valence-electron chi connectivity index (χ3n) is 3.16. The first kappa shape index (κ1) is 9.76. The van der Waals surface area contributed by atoms with E-state index >= 15 is 0 Å². The van der Waals surface area contributed by atoms with Crippen LogP contribution in [-0.4, -0.2) is 5.78 Å². The van der Waals surface area contributed by atoms with Crippen molar-refractivity contribution in [3.05, 3.63) is 0 Å². The van der Waals surface area contributed by atoms with Gasteiger partial charge in [-0.3, -0.25) is 4.79 Å². The van der Waals surface area contributed by atoms with E-state index in [4.69, 9.17) is 0 Å². The number of carbonyl (C=O) groups excluding carboxylic acids is 1. The lowest BCUT2D eigenvalue weighted by molar-refractivity contribution is -0.130. The van der Waals surface area contributed by atoms with Crippen molar-refractivity contribution in [1.82, 2.24) is 0 Å². The van der Waals surface area contributed by atoms with Crippen LogP contribution in [-0.2, 0) is 4.79 Å². The molecule has 1 rings (SSSR count). The van der Waals surface area contributed by atoms with E-state index in [-0.39, 0.29) is 0 Å². The zero-order chi connectivity index (χ0) is 9.14. The highest BCUT2D eigenvalue weighted by molar-refractivity contribution is 5.84. The van der Waals surface area contributed by atoms with Crippen LogP contribution in [0.4, 0.5) is 0 Å². The molecule has 1 fully saturated rings. The highest BCUT2D eigenvalue weighted by Crippen LogP contribution is 2.33. The third kappa shape index (κ3) is 1.88. The lowest BCUT2D eigenvalue weighted by Crippen LogP contribution is -2.31. The molecule has 1 nitrogen and oxygen atoms in total. The SMILES string of the molecule is CC[C@@H]1CC(C)C[C@@H](CC)C1=O. The van der Waals surface area contributed by atoms with Crippen LogP contribution >= 0.6 is 0 Å². The Kier molecular flexibility index (Phi) is 3.30. The van der Waals surface area contributed by atoms with E-state index in [1.165, 1.54) is 0 Å². The van der Waals surface area contributed by atoms with Crippen LogP contribution in [0.2, 0.25) is 0 Å². The van der Waals surface area contributed by atoms with Crippen molar-refractivity contribution >= 4 is 5.78 Å². The maximum atomic E-state index is 11.7. The maximum Gasteiger partial charge on any atom is 0.139 e. The average Bonchev–Trinajstić information content (AvgIpc) is 2.08. The molecule has 12 heavy (non-hydrogen) atoms. The molecule has 0 unspecified atom stereocenters. The van der Waals surface area contributed by atoms with Gasteiger partial charge in [0, 0.05) is 11.8 Å². The topological polar surface area (TPSA) is 17.1 Å². The molecule has 0 radical (unpaired) electrons. The summed E-state index contributed by atoms with van der Waals surface area (Å²) in [5, 5.41) is 0. The molecule has 0 N–H and O–H groups in total. The molecule has 0 spiro atoms. The van der Waals surface area contributed by atoms with Gasteiger partial charge in [0.25, 0.3) is 0 Å². The van der Waals surface area contributed by atoms with Gasteiger partial charge in [-0.2, -0.15) is 0 Å². The first-order valence-electron chi connectivity index (χ1n) is 5.22. The number of rotatable bonds is 2. The predicted molar refractivity (Wildman–Crippen MR) is 51.0 cm³/mol. The van der Waals surface area contributed by atoms with Crippen molar-refractivity contribution in [2.24, 2.45) is 17.8 Å². The average molecular weight is 168 g/mol. The summed E-state index contributed by atoms with van der Waals surface area (Å²) in [4.78, 5) is 11.7. The Hall–Kier alpha value is -0.330. The fourth-order valence-electron chi connectivity index (χ4n) is 2.37. The standard InChI is InChI=1S/C11H20O/c1-4-9-6-8(3)7-10(5-2)11(9)12/h8-10H,4-7H2,1-3H3/t9-,10-/m1/s1. The molecule has 0 saturated heterocycles. The minimum Gasteiger partial charge on any atom is -0.299 e. The van der Waals surface area contributed by atoms with Gasteiger partial charge >= 0.3 is 0 Å². The van der Waals surface area contributed by atoms with Gasteiger partial charge in [0.2, 0.25) is 0 Å². The van der Waals surface area contributed by atoms with Crippen LogP contribution in [0.3, 0.4) is 0 Å². The summed E-state index contributed by atoms with van der Waals surface area (Å²) < 4.78 is 0. The van der Waals surface area contributed by atoms with Gasteiger partial charge in [-0.05, 0) is 31.6 Å². The van der Waals surface area contributed by atoms with Gasteiger partial charge in [-0.15, -0.1) is 0 Å². The Labute approximate surface area is 75.5 Å². The maximum absolute atomic E-state index is 11.7. The first-order valence-corrected chi connectivity index (χ1v) is 5.22. The second-order valence-electron chi connectivity index (χ2n) is 4.19. The van der Waals surface area contributed by atoms with Crippen LogP contribution in [0.5, 0.6) is 0 Å². The van der Waals surface area contributed by atoms with Crippen molar-refractivity contribution < 1.29 is 4.79 Å². The van der Waals surface area contributed by atoms with Gasteiger partial charge < -0.3 is 0 Å². The molecule has 0 amide bonds. The molecule has 1 saturated carbocycles. The summed E-state index contributed by atoms with van der Waals surface area (Å²) in [6.07, 6.45) is 4.34. The van der Waals surface area contributed by atoms with Gasteiger partial charge in [0.15, 0.2) is 0 Å². The Morgan fingerprint density at radius 1 is 1.17 bits per heavy atom. The Morgan fingerprint density at radius 2 is 1.58 bits per heavy atom. The minimum atomic E-state index is 0.374. The Balaban J connectivity index is 2.61. The van der Waals surface area contributed by atoms with Gasteiger partial charge in [-0.1, -0.05) is 20.8 Å². The van der Waals surface area contributed by atoms with Gasteiger partial charge in [-0.25, -0.2) is 0 Å². The van der Waals surface area contributed by atoms with E-state index in [9.17, 15) is 4.79 Å². The van der Waals surface area contributed by atoms with E-state index in [0.717, 1.165) is 31.6 Å². The summed E-state index contributed by atoms with van der Waals surface area (Å²) in [6.45, 7) is 6.54. The van der Waals surface area contributed by atoms with E-state index < -0.39 is 0 Å². The predicted octanol–water partition coefficient (Wildman–Crippen LogP) is 3.04. The fourth-order valence-corrected chi connectivity index (χ4v) is 2.37. The monoisotopic (exact) mass is 168 g/mol. The molecule has 0 heterocycles. The number of hydrogen-bond donors (Lipinski definition) is 0. The number of carbonyl (C=O) groups is 1. The molecule has 1 aliphatic carbocycles. The largest absolute Gasteiger partial charge is 0.299 e. The fraction of sp³-hybridized carbons (Fsp3) is 0.909. The second kappa shape index (κ2) is 4.06. The van der Waals surface area contributed by atoms with Crippen LogP contribution in [0, 0.1) is 17.8 Å². The van der Waals surface area contributed by atoms with Gasteiger partial charge in [0.05, 0.1) is 0 Å². The quantitative estimate of drug-likeness (QED) is 0.619. The van der Waals surface area contributed by atoms with Crippen LogP contribution in [0.1, 0.15) is 46.5 Å². The van der Waals surface area contributed by atoms with E-state index in [1.807, 2.05) is 0 Å². The van der Waals surface area contributed by atoms with Crippen molar-refractivity contribution in [2.45, 2.75) is 46.5 Å². The molecular weight excluding hydrogens is 148 g/mol. The summed E-state index contributed by atoms with van der Waals surface area (Å²) >= 11 is 0. The molecule has 1 aliphatic rings. The number of hydrogen-bond acceptors (Lipinski definition) is 1. The van der Waals surface area contributed by atoms with Gasteiger partial charge in [0.1, 0.15) is 5.78 Å². The molecule has 0 aromatic rings. The van der Waals surface area contributed by atoms with Crippen LogP contribution in [0.25, 0.3) is 0 Å². The highest BCUT2D eigenvalue weighted by atomic mass is 16.1. The van der Waals surface area contributed by atoms with Crippen molar-refractivity contribution in [1.29, 1.82) is 0 Å². The van der Waals surface area contributed by atoms with E-state index in [1.54, 1.807) is 0 Å². The number of ketones is 1. The zero-order valence-corrected chi connectivity index (χ0v) is 8.47. The summed E-state index contributed by atoms with van der Waals surface area (Å²) in [5.74, 6) is 2.05. The van der Waals surface area contributed by atoms with Crippen molar-refractivity contribution in [2.75, 3.05) is 0 Å². The minimum absolute atomic E-state index is 0.374. The molecule has 0 aromatic heterocycles. The molecule has 2 atom stereocenters. The molecule has 0 aromatic carbocycles. The first-order chi connectivity index (χ1) is 5.69. The molecular formula is C11H20O. The second-order valence-corrected chi connectivity index (χ2v) is 4.19. The molecule has 0 bridgehead atoms. The molecule has 70 valence electrons. The summed E-state index contributed by atoms with van der Waals surface area (Å²) in [6, 6.07) is 0. The van der Waals surface area contributed by atoms with Crippen molar-refractivity contribution in [3.63, 3.8) is 0 Å². The highest BCUT2D eigenvalue weighted by Gasteiger charge is 2.31. The Morgan fingerprint density at radius 3 is 1.92 bits per heavy atom. The van der Waals surface area contributed by atoms with E-state index in [2.05, 4.69) is 20.8 Å². The summed E-state index contributed by atoms with van der Waals surface area (Å²) in [5.41, 5.74) is 0. The van der Waals surface area contributed by atoms with Crippen LogP contribution < -0.4 is 0 Å². The van der Waals surface area contributed by atoms with E-state index in [0.29, 0.717) is 17.6 Å². The lowest BCUT2D eigenvalue weighted by atomic mass is 9.73. The third-order valence-corrected chi connectivity index (χ3v) is 3.16. The lowest BCUT2D eigenvalue weighted by Gasteiger charge is -2.30. The van der Waals surface area contributed by atoms with Crippen LogP contribution in [0.15, 0.2) is 0 Å². The smallest absolute Gasteiger partial charge is 0.139 e. The number of Topliss-reactive ketones (excluding diaryl/α,β-unsaturated/α-hetero) is 1. The zero-order valence-electron chi connectivity index (χ0n) is 8.47. The molecule has 0 aliphatic heterocycles.